The number of aryl methyl sites for hydroxylation is 1. The predicted octanol–water partition coefficient (Wildman–Crippen LogP) is 1.49. The topological polar surface area (TPSA) is 52.5 Å². The number of methoxy groups -OCH3 is 1. The number of fused-ring (bicyclic) bond motifs is 1. The number of imidazole rings is 1. The van der Waals surface area contributed by atoms with Crippen molar-refractivity contribution in [3.05, 3.63) is 23.9 Å². The largest absolute Gasteiger partial charge is 0.482 e. The number of ether oxygens (including phenoxy) is 1. The quantitative estimate of drug-likeness (QED) is 0.782. The molecule has 0 saturated heterocycles. The van der Waals surface area contributed by atoms with Gasteiger partial charge in [-0.2, -0.15) is 0 Å². The summed E-state index contributed by atoms with van der Waals surface area (Å²) in [5, 5.41) is 0. The molecule has 0 amide bonds. The van der Waals surface area contributed by atoms with Crippen molar-refractivity contribution in [3.8, 4) is 5.88 Å². The summed E-state index contributed by atoms with van der Waals surface area (Å²) in [7, 11) is 1.62. The van der Waals surface area contributed by atoms with Crippen molar-refractivity contribution in [3.63, 3.8) is 0 Å². The number of nitrogens with two attached hydrogens (primary N) is 1. The first kappa shape index (κ1) is 8.87. The molecule has 74 valence electrons. The van der Waals surface area contributed by atoms with Gasteiger partial charge < -0.3 is 10.5 Å². The van der Waals surface area contributed by atoms with Gasteiger partial charge in [0.15, 0.2) is 0 Å². The molecule has 0 aliphatic rings. The van der Waals surface area contributed by atoms with Gasteiger partial charge in [-0.15, -0.1) is 0 Å². The third kappa shape index (κ3) is 1.11. The van der Waals surface area contributed by atoms with E-state index < -0.39 is 0 Å². The van der Waals surface area contributed by atoms with Gasteiger partial charge in [-0.25, -0.2) is 9.38 Å². The average Bonchev–Trinajstić information content (AvgIpc) is 2.60. The highest BCUT2D eigenvalue weighted by molar-refractivity contribution is 5.57. The number of hydrogen-bond acceptors (Lipinski definition) is 3. The van der Waals surface area contributed by atoms with Crippen LogP contribution in [0.1, 0.15) is 12.5 Å². The van der Waals surface area contributed by atoms with Gasteiger partial charge in [-0.1, -0.05) is 13.0 Å². The van der Waals surface area contributed by atoms with Gasteiger partial charge in [0.05, 0.1) is 13.3 Å². The van der Waals surface area contributed by atoms with Gasteiger partial charge in [0.25, 0.3) is 0 Å². The Bertz CT molecular complexity index is 462. The van der Waals surface area contributed by atoms with Crippen molar-refractivity contribution in [2.24, 2.45) is 0 Å². The van der Waals surface area contributed by atoms with E-state index in [-0.39, 0.29) is 0 Å². The highest BCUT2D eigenvalue weighted by Gasteiger charge is 2.08. The van der Waals surface area contributed by atoms with Gasteiger partial charge in [0, 0.05) is 0 Å². The molecule has 14 heavy (non-hydrogen) atoms. The number of hydrogen-bond donors (Lipinski definition) is 1. The van der Waals surface area contributed by atoms with Crippen molar-refractivity contribution >= 4 is 11.5 Å². The predicted molar refractivity (Wildman–Crippen MR) is 55.5 cm³/mol. The molecular formula is C10H13N3O. The molecule has 0 bridgehead atoms. The monoisotopic (exact) mass is 191 g/mol. The molecule has 2 aromatic heterocycles. The fourth-order valence-corrected chi connectivity index (χ4v) is 1.58. The lowest BCUT2D eigenvalue weighted by Gasteiger charge is -2.07. The van der Waals surface area contributed by atoms with E-state index in [0.29, 0.717) is 11.7 Å². The van der Waals surface area contributed by atoms with Crippen LogP contribution in [0.5, 0.6) is 5.88 Å². The minimum Gasteiger partial charge on any atom is -0.482 e. The minimum atomic E-state index is 0.604. The van der Waals surface area contributed by atoms with Crippen molar-refractivity contribution in [1.29, 1.82) is 0 Å². The van der Waals surface area contributed by atoms with E-state index in [9.17, 15) is 0 Å². The van der Waals surface area contributed by atoms with Crippen LogP contribution in [-0.4, -0.2) is 16.5 Å². The van der Waals surface area contributed by atoms with Gasteiger partial charge in [-0.3, -0.25) is 0 Å². The van der Waals surface area contributed by atoms with Crippen LogP contribution >= 0.6 is 0 Å². The van der Waals surface area contributed by atoms with Crippen LogP contribution in [0.15, 0.2) is 18.3 Å². The lowest BCUT2D eigenvalue weighted by atomic mass is 10.2. The van der Waals surface area contributed by atoms with Crippen LogP contribution < -0.4 is 10.5 Å². The molecule has 4 heteroatoms. The van der Waals surface area contributed by atoms with Crippen LogP contribution in [0.2, 0.25) is 0 Å². The Hall–Kier alpha value is -1.71. The van der Waals surface area contributed by atoms with Crippen LogP contribution in [-0.2, 0) is 6.42 Å². The molecule has 2 aromatic rings. The Labute approximate surface area is 82.3 Å². The fourth-order valence-electron chi connectivity index (χ4n) is 1.58. The third-order valence-electron chi connectivity index (χ3n) is 2.31. The highest BCUT2D eigenvalue weighted by Crippen LogP contribution is 2.21. The zero-order chi connectivity index (χ0) is 10.1. The molecule has 0 aromatic carbocycles. The maximum Gasteiger partial charge on any atom is 0.200 e. The molecule has 0 aliphatic heterocycles. The van der Waals surface area contributed by atoms with E-state index in [0.717, 1.165) is 12.1 Å². The van der Waals surface area contributed by atoms with Crippen molar-refractivity contribution in [1.82, 2.24) is 9.38 Å². The van der Waals surface area contributed by atoms with E-state index in [4.69, 9.17) is 10.5 Å². The molecule has 2 rings (SSSR count). The van der Waals surface area contributed by atoms with Crippen LogP contribution in [0.25, 0.3) is 5.65 Å². The van der Waals surface area contributed by atoms with Crippen LogP contribution in [0.3, 0.4) is 0 Å². The maximum absolute atomic E-state index is 5.80. The zero-order valence-corrected chi connectivity index (χ0v) is 8.32. The summed E-state index contributed by atoms with van der Waals surface area (Å²) >= 11 is 0. The summed E-state index contributed by atoms with van der Waals surface area (Å²) in [5.74, 6) is 1.32. The smallest absolute Gasteiger partial charge is 0.200 e. The molecule has 0 unspecified atom stereocenters. The lowest BCUT2D eigenvalue weighted by Crippen LogP contribution is -2.00. The average molecular weight is 191 g/mol. The summed E-state index contributed by atoms with van der Waals surface area (Å²) in [6, 6.07) is 3.92. The van der Waals surface area contributed by atoms with E-state index in [2.05, 4.69) is 11.9 Å². The molecule has 0 atom stereocenters. The van der Waals surface area contributed by atoms with Crippen LogP contribution in [0.4, 0.5) is 5.82 Å². The van der Waals surface area contributed by atoms with E-state index in [1.54, 1.807) is 13.3 Å². The van der Waals surface area contributed by atoms with E-state index in [1.807, 2.05) is 16.5 Å². The Morgan fingerprint density at radius 1 is 1.50 bits per heavy atom. The molecule has 0 fully saturated rings. The normalized spacial score (nSPS) is 10.7. The first-order chi connectivity index (χ1) is 6.77. The lowest BCUT2D eigenvalue weighted by molar-refractivity contribution is 0.393. The Balaban J connectivity index is 2.81. The second-order valence-electron chi connectivity index (χ2n) is 3.10. The second kappa shape index (κ2) is 3.21. The van der Waals surface area contributed by atoms with Crippen molar-refractivity contribution < 1.29 is 4.74 Å². The van der Waals surface area contributed by atoms with E-state index in [1.165, 1.54) is 5.56 Å². The SMILES string of the molecule is CCc1ccc(OC)n2c(N)cnc12. The molecule has 0 radical (unpaired) electrons. The Kier molecular flexibility index (Phi) is 2.04. The van der Waals surface area contributed by atoms with Gasteiger partial charge in [0.1, 0.15) is 11.5 Å². The molecule has 0 spiro atoms. The van der Waals surface area contributed by atoms with Gasteiger partial charge >= 0.3 is 0 Å². The molecule has 4 nitrogen and oxygen atoms in total. The fraction of sp³-hybridized carbons (Fsp3) is 0.300. The number of anilines is 1. The highest BCUT2D eigenvalue weighted by atomic mass is 16.5. The molecule has 2 heterocycles. The Morgan fingerprint density at radius 2 is 2.29 bits per heavy atom. The summed E-state index contributed by atoms with van der Waals surface area (Å²) in [6.07, 6.45) is 2.58. The minimum absolute atomic E-state index is 0.604. The number of aromatic nitrogens is 2. The Morgan fingerprint density at radius 3 is 2.93 bits per heavy atom. The van der Waals surface area contributed by atoms with Crippen molar-refractivity contribution in [2.75, 3.05) is 12.8 Å². The standard InChI is InChI=1S/C10H13N3O/c1-3-7-4-5-9(14-2)13-8(11)6-12-10(7)13/h4-6H,3,11H2,1-2H3. The molecule has 0 saturated carbocycles. The molecular weight excluding hydrogens is 178 g/mol. The van der Waals surface area contributed by atoms with Gasteiger partial charge in [-0.05, 0) is 18.1 Å². The second-order valence-corrected chi connectivity index (χ2v) is 3.10. The summed E-state index contributed by atoms with van der Waals surface area (Å²) in [6.45, 7) is 2.09. The van der Waals surface area contributed by atoms with Crippen LogP contribution in [0, 0.1) is 0 Å². The summed E-state index contributed by atoms with van der Waals surface area (Å²) in [4.78, 5) is 4.26. The number of pyridine rings is 1. The third-order valence-corrected chi connectivity index (χ3v) is 2.31. The number of nitrogens with zero attached hydrogens (tertiary/aromatic N) is 2. The molecule has 2 N–H and O–H groups in total. The summed E-state index contributed by atoms with van der Waals surface area (Å²) < 4.78 is 7.03. The zero-order valence-electron chi connectivity index (χ0n) is 8.32. The van der Waals surface area contributed by atoms with Gasteiger partial charge in [0.2, 0.25) is 5.88 Å². The molecule has 0 aliphatic carbocycles. The number of rotatable bonds is 2. The first-order valence-electron chi connectivity index (χ1n) is 4.56. The number of nitrogen functional groups attached to an aromatic ring is 1. The van der Waals surface area contributed by atoms with Crippen molar-refractivity contribution in [2.45, 2.75) is 13.3 Å². The van der Waals surface area contributed by atoms with E-state index >= 15 is 0 Å². The maximum atomic E-state index is 5.80. The summed E-state index contributed by atoms with van der Waals surface area (Å²) in [5.41, 5.74) is 7.84. The first-order valence-corrected chi connectivity index (χ1v) is 4.56.